The molecule has 0 spiro atoms. The highest BCUT2D eigenvalue weighted by molar-refractivity contribution is 5.92. The Kier molecular flexibility index (Phi) is 16.9. The Morgan fingerprint density at radius 2 is 0.882 bits per heavy atom. The average Bonchev–Trinajstić information content (AvgIpc) is 3.47. The summed E-state index contributed by atoms with van der Waals surface area (Å²) in [7, 11) is 0. The van der Waals surface area contributed by atoms with Crippen molar-refractivity contribution in [1.82, 2.24) is 0 Å². The van der Waals surface area contributed by atoms with Gasteiger partial charge in [0, 0.05) is 29.6 Å². The topological polar surface area (TPSA) is 116 Å². The summed E-state index contributed by atoms with van der Waals surface area (Å²) in [5.41, 5.74) is 10.9. The van der Waals surface area contributed by atoms with E-state index in [-0.39, 0.29) is 12.6 Å². The van der Waals surface area contributed by atoms with Gasteiger partial charge >= 0.3 is 17.9 Å². The SMILES string of the molecule is C=CC(=O)Oc1ccc(Cc2ccc(OC(=O)c3ccc(N(c4ccc(C=NN(c5ccccc5)c5ccccc5)cc4)c4ccc(COOc5ccc(Cc6ccc(OC(=O)CC)cc6)cc5)cc4)cc3)cc2)cc1. The number of hydrazone groups is 1. The number of hydrogen-bond acceptors (Lipinski definition) is 11. The molecule has 0 heterocycles. The molecule has 0 saturated heterocycles. The number of nitrogens with zero attached hydrogens (tertiary/aromatic N) is 3. The minimum Gasteiger partial charge on any atom is -0.427 e. The number of hydrogen-bond donors (Lipinski definition) is 0. The third kappa shape index (κ3) is 14.0. The van der Waals surface area contributed by atoms with Crippen LogP contribution in [0.1, 0.15) is 57.1 Å². The van der Waals surface area contributed by atoms with E-state index in [1.165, 1.54) is 0 Å². The van der Waals surface area contributed by atoms with E-state index in [1.54, 1.807) is 55.5 Å². The maximum atomic E-state index is 13.5. The molecule has 11 nitrogen and oxygen atoms in total. The van der Waals surface area contributed by atoms with Gasteiger partial charge < -0.3 is 24.0 Å². The molecule has 0 aliphatic rings. The van der Waals surface area contributed by atoms with Crippen LogP contribution in [-0.2, 0) is 33.9 Å². The molecule has 0 N–H and O–H groups in total. The largest absolute Gasteiger partial charge is 0.427 e. The first kappa shape index (κ1) is 51.1. The zero-order valence-electron chi connectivity index (χ0n) is 41.7. The number of esters is 3. The summed E-state index contributed by atoms with van der Waals surface area (Å²) in [4.78, 5) is 50.1. The highest BCUT2D eigenvalue weighted by Crippen LogP contribution is 2.35. The highest BCUT2D eigenvalue weighted by atomic mass is 17.2. The molecule has 0 bridgehead atoms. The van der Waals surface area contributed by atoms with E-state index in [2.05, 4.69) is 11.5 Å². The van der Waals surface area contributed by atoms with Gasteiger partial charge in [-0.25, -0.2) is 14.6 Å². The van der Waals surface area contributed by atoms with Crippen molar-refractivity contribution >= 4 is 52.6 Å². The summed E-state index contributed by atoms with van der Waals surface area (Å²) >= 11 is 0. The van der Waals surface area contributed by atoms with Crippen LogP contribution < -0.4 is 29.0 Å². The van der Waals surface area contributed by atoms with Crippen LogP contribution in [-0.4, -0.2) is 24.1 Å². The second kappa shape index (κ2) is 25.2. The molecule has 0 unspecified atom stereocenters. The summed E-state index contributed by atoms with van der Waals surface area (Å²) in [5, 5.41) is 6.81. The molecular formula is C65H53N3O8. The maximum absolute atomic E-state index is 13.5. The van der Waals surface area contributed by atoms with Crippen LogP contribution in [0.2, 0.25) is 0 Å². The summed E-state index contributed by atoms with van der Waals surface area (Å²) in [5.74, 6) is 0.719. The number of carbonyl (C=O) groups is 3. The van der Waals surface area contributed by atoms with Crippen molar-refractivity contribution in [2.45, 2.75) is 32.8 Å². The lowest BCUT2D eigenvalue weighted by Crippen LogP contribution is -2.12. The van der Waals surface area contributed by atoms with Gasteiger partial charge in [-0.05, 0) is 168 Å². The third-order valence-electron chi connectivity index (χ3n) is 12.0. The van der Waals surface area contributed by atoms with Crippen LogP contribution in [0.15, 0.2) is 248 Å². The van der Waals surface area contributed by atoms with Crippen LogP contribution >= 0.6 is 0 Å². The number of anilines is 5. The molecule has 0 amide bonds. The molecule has 0 aliphatic heterocycles. The van der Waals surface area contributed by atoms with Crippen molar-refractivity contribution in [3.8, 4) is 23.0 Å². The van der Waals surface area contributed by atoms with Gasteiger partial charge in [-0.2, -0.15) is 9.99 Å². The van der Waals surface area contributed by atoms with Crippen LogP contribution in [0.3, 0.4) is 0 Å². The van der Waals surface area contributed by atoms with Crippen LogP contribution in [0.4, 0.5) is 28.4 Å². The molecule has 0 aliphatic carbocycles. The van der Waals surface area contributed by atoms with Crippen molar-refractivity contribution in [2.75, 3.05) is 9.91 Å². The number of para-hydroxylation sites is 2. The lowest BCUT2D eigenvalue weighted by Gasteiger charge is -2.26. The molecule has 0 saturated carbocycles. The normalized spacial score (nSPS) is 10.9. The molecule has 76 heavy (non-hydrogen) atoms. The molecule has 11 heteroatoms. The van der Waals surface area contributed by atoms with E-state index in [0.717, 1.165) is 67.9 Å². The molecule has 0 fully saturated rings. The fourth-order valence-corrected chi connectivity index (χ4v) is 8.04. The predicted octanol–water partition coefficient (Wildman–Crippen LogP) is 14.6. The Bertz CT molecular complexity index is 3330. The Balaban J connectivity index is 0.871. The number of benzene rings is 9. The smallest absolute Gasteiger partial charge is 0.343 e. The summed E-state index contributed by atoms with van der Waals surface area (Å²) < 4.78 is 16.3. The van der Waals surface area contributed by atoms with E-state index in [0.29, 0.717) is 47.8 Å². The molecule has 0 aromatic heterocycles. The van der Waals surface area contributed by atoms with Gasteiger partial charge in [0.15, 0.2) is 5.75 Å². The standard InChI is InChI=1S/C65H53N3O8/c1-3-63(69)73-59-35-19-47(20-36-59)43-49-23-39-61(40-24-49)75-65(71)53-27-33-56(34-28-53)67(54-29-15-51(16-30-54)45-66-68(57-11-7-5-8-12-57)58-13-9-6-10-14-58)55-31-17-52(18-32-55)46-72-76-62-41-25-50(26-42-62)44-48-21-37-60(38-22-48)74-64(70)4-2/h3,5-42,45H,1,4,43-44,46H2,2H3. The van der Waals surface area contributed by atoms with Crippen LogP contribution in [0.5, 0.6) is 23.0 Å². The Labute approximate surface area is 442 Å². The summed E-state index contributed by atoms with van der Waals surface area (Å²) in [6.45, 7) is 5.40. The molecular weight excluding hydrogens is 951 g/mol. The highest BCUT2D eigenvalue weighted by Gasteiger charge is 2.16. The Morgan fingerprint density at radius 3 is 1.36 bits per heavy atom. The average molecular weight is 1000 g/mol. The van der Waals surface area contributed by atoms with Crippen molar-refractivity contribution in [1.29, 1.82) is 0 Å². The van der Waals surface area contributed by atoms with E-state index in [1.807, 2.05) is 193 Å². The van der Waals surface area contributed by atoms with E-state index >= 15 is 0 Å². The van der Waals surface area contributed by atoms with E-state index < -0.39 is 11.9 Å². The van der Waals surface area contributed by atoms with Crippen molar-refractivity contribution < 1.29 is 38.4 Å². The second-order valence-corrected chi connectivity index (χ2v) is 17.5. The van der Waals surface area contributed by atoms with Gasteiger partial charge in [0.1, 0.15) is 23.9 Å². The minimum absolute atomic E-state index is 0.206. The van der Waals surface area contributed by atoms with Gasteiger partial charge in [-0.15, -0.1) is 0 Å². The molecule has 9 aromatic rings. The Morgan fingerprint density at radius 1 is 0.461 bits per heavy atom. The van der Waals surface area contributed by atoms with Gasteiger partial charge in [-0.3, -0.25) is 4.79 Å². The second-order valence-electron chi connectivity index (χ2n) is 17.5. The maximum Gasteiger partial charge on any atom is 0.343 e. The Hall–Kier alpha value is -9.84. The fourth-order valence-electron chi connectivity index (χ4n) is 8.04. The third-order valence-corrected chi connectivity index (χ3v) is 12.0. The molecule has 376 valence electrons. The van der Waals surface area contributed by atoms with Gasteiger partial charge in [0.2, 0.25) is 0 Å². The number of ether oxygens (including phenoxy) is 3. The monoisotopic (exact) mass is 1000 g/mol. The molecule has 9 aromatic carbocycles. The molecule has 0 atom stereocenters. The summed E-state index contributed by atoms with van der Waals surface area (Å²) in [6.07, 6.45) is 4.64. The zero-order chi connectivity index (χ0) is 52.5. The van der Waals surface area contributed by atoms with E-state index in [4.69, 9.17) is 29.1 Å². The number of rotatable bonds is 21. The molecule has 0 radical (unpaired) electrons. The van der Waals surface area contributed by atoms with Gasteiger partial charge in [-0.1, -0.05) is 123 Å². The minimum atomic E-state index is -0.511. The first-order valence-electron chi connectivity index (χ1n) is 24.7. The zero-order valence-corrected chi connectivity index (χ0v) is 41.7. The van der Waals surface area contributed by atoms with Crippen molar-refractivity contribution in [3.63, 3.8) is 0 Å². The van der Waals surface area contributed by atoms with Crippen LogP contribution in [0, 0.1) is 0 Å². The fraction of sp³-hybridized carbons (Fsp3) is 0.0769. The van der Waals surface area contributed by atoms with Gasteiger partial charge in [0.25, 0.3) is 0 Å². The predicted molar refractivity (Wildman–Crippen MR) is 297 cm³/mol. The van der Waals surface area contributed by atoms with Crippen LogP contribution in [0.25, 0.3) is 0 Å². The van der Waals surface area contributed by atoms with Crippen molar-refractivity contribution in [2.24, 2.45) is 5.10 Å². The first-order chi connectivity index (χ1) is 37.2. The summed E-state index contributed by atoms with van der Waals surface area (Å²) in [6, 6.07) is 73.4. The van der Waals surface area contributed by atoms with E-state index in [9.17, 15) is 14.4 Å². The number of carbonyl (C=O) groups excluding carboxylic acids is 3. The quantitative estimate of drug-likeness (QED) is 0.0172. The lowest BCUT2D eigenvalue weighted by atomic mass is 10.0. The van der Waals surface area contributed by atoms with Gasteiger partial charge in [0.05, 0.1) is 23.2 Å². The first-order valence-corrected chi connectivity index (χ1v) is 24.7. The van der Waals surface area contributed by atoms with Crippen molar-refractivity contribution in [3.05, 3.63) is 282 Å². The molecule has 9 rings (SSSR count). The lowest BCUT2D eigenvalue weighted by molar-refractivity contribution is -0.217.